The van der Waals surface area contributed by atoms with E-state index in [0.717, 1.165) is 0 Å². The molecule has 1 saturated carbocycles. The summed E-state index contributed by atoms with van der Waals surface area (Å²) < 4.78 is 0. The third-order valence-electron chi connectivity index (χ3n) is 1.50. The van der Waals surface area contributed by atoms with Crippen LogP contribution in [0.3, 0.4) is 0 Å². The number of hydrogen-bond acceptors (Lipinski definition) is 1. The van der Waals surface area contributed by atoms with Crippen LogP contribution in [0.15, 0.2) is 0 Å². The zero-order valence-corrected chi connectivity index (χ0v) is 5.82. The maximum atomic E-state index is 4.50. The summed E-state index contributed by atoms with van der Waals surface area (Å²) in [6.07, 6.45) is 9.00. The molecule has 1 aliphatic carbocycles. The van der Waals surface area contributed by atoms with Crippen LogP contribution in [0.1, 0.15) is 38.5 Å². The smallest absolute Gasteiger partial charge is 0.0195 e. The molecule has 0 aromatic carbocycles. The van der Waals surface area contributed by atoms with Gasteiger partial charge in [0.1, 0.15) is 0 Å². The fourth-order valence-corrected chi connectivity index (χ4v) is 1.06. The standard InChI is InChI=1S/C6H12.CH5N/c1-2-4-6-5-3-1;1-2/h1-6H2;2H2,1H3. The van der Waals surface area contributed by atoms with Gasteiger partial charge in [0.25, 0.3) is 0 Å². The first kappa shape index (κ1) is 7.96. The van der Waals surface area contributed by atoms with Crippen LogP contribution in [0.2, 0.25) is 0 Å². The van der Waals surface area contributed by atoms with Gasteiger partial charge in [-0.05, 0) is 7.05 Å². The second kappa shape index (κ2) is 6.96. The van der Waals surface area contributed by atoms with Gasteiger partial charge < -0.3 is 5.73 Å². The van der Waals surface area contributed by atoms with Crippen LogP contribution in [0.5, 0.6) is 0 Å². The Bertz CT molecular complexity index is 19.9. The van der Waals surface area contributed by atoms with Crippen molar-refractivity contribution >= 4 is 0 Å². The molecule has 1 aliphatic rings. The van der Waals surface area contributed by atoms with Gasteiger partial charge in [-0.2, -0.15) is 0 Å². The SMILES string of the molecule is C1CCCCC1.CN. The van der Waals surface area contributed by atoms with Crippen LogP contribution in [0.25, 0.3) is 0 Å². The second-order valence-corrected chi connectivity index (χ2v) is 2.12. The fourth-order valence-electron chi connectivity index (χ4n) is 1.06. The third kappa shape index (κ3) is 4.13. The molecule has 0 aliphatic heterocycles. The maximum absolute atomic E-state index is 4.50. The molecule has 1 rings (SSSR count). The van der Waals surface area contributed by atoms with E-state index in [1.54, 1.807) is 0 Å². The molecule has 0 unspecified atom stereocenters. The van der Waals surface area contributed by atoms with Gasteiger partial charge in [0.05, 0.1) is 0 Å². The Morgan fingerprint density at radius 1 is 0.625 bits per heavy atom. The zero-order valence-electron chi connectivity index (χ0n) is 5.82. The molecule has 8 heavy (non-hydrogen) atoms. The molecular formula is C7H17N. The van der Waals surface area contributed by atoms with E-state index >= 15 is 0 Å². The molecule has 0 amide bonds. The number of nitrogens with two attached hydrogens (primary N) is 1. The van der Waals surface area contributed by atoms with E-state index < -0.39 is 0 Å². The summed E-state index contributed by atoms with van der Waals surface area (Å²) in [6.45, 7) is 0. The Labute approximate surface area is 52.3 Å². The van der Waals surface area contributed by atoms with Crippen LogP contribution in [-0.4, -0.2) is 7.05 Å². The van der Waals surface area contributed by atoms with E-state index in [1.165, 1.54) is 45.6 Å². The van der Waals surface area contributed by atoms with Crippen LogP contribution >= 0.6 is 0 Å². The van der Waals surface area contributed by atoms with E-state index in [4.69, 9.17) is 0 Å². The summed E-state index contributed by atoms with van der Waals surface area (Å²) in [5, 5.41) is 0. The van der Waals surface area contributed by atoms with Crippen LogP contribution in [0.4, 0.5) is 0 Å². The Hall–Kier alpha value is -0.0400. The normalized spacial score (nSPS) is 18.8. The summed E-state index contributed by atoms with van der Waals surface area (Å²) in [6, 6.07) is 0. The molecule has 0 heterocycles. The first-order valence-electron chi connectivity index (χ1n) is 3.58. The van der Waals surface area contributed by atoms with Gasteiger partial charge in [-0.1, -0.05) is 38.5 Å². The molecule has 1 nitrogen and oxygen atoms in total. The molecule has 0 bridgehead atoms. The quantitative estimate of drug-likeness (QED) is 0.513. The largest absolute Gasteiger partial charge is 0.333 e. The minimum atomic E-state index is 1.50. The van der Waals surface area contributed by atoms with Crippen molar-refractivity contribution in [3.8, 4) is 0 Å². The van der Waals surface area contributed by atoms with Crippen molar-refractivity contribution in [2.45, 2.75) is 38.5 Å². The minimum absolute atomic E-state index is 1.50. The highest BCUT2D eigenvalue weighted by atomic mass is 14.4. The molecule has 0 aromatic heterocycles. The first-order valence-corrected chi connectivity index (χ1v) is 3.58. The Balaban J connectivity index is 0.000000222. The van der Waals surface area contributed by atoms with E-state index in [-0.39, 0.29) is 0 Å². The fraction of sp³-hybridized carbons (Fsp3) is 1.00. The predicted octanol–water partition coefficient (Wildman–Crippen LogP) is 1.92. The van der Waals surface area contributed by atoms with Gasteiger partial charge in [0, 0.05) is 0 Å². The second-order valence-electron chi connectivity index (χ2n) is 2.12. The van der Waals surface area contributed by atoms with E-state index in [1.807, 2.05) is 0 Å². The third-order valence-corrected chi connectivity index (χ3v) is 1.50. The topological polar surface area (TPSA) is 26.0 Å². The van der Waals surface area contributed by atoms with Gasteiger partial charge in [0.15, 0.2) is 0 Å². The Morgan fingerprint density at radius 3 is 0.875 bits per heavy atom. The van der Waals surface area contributed by atoms with Crippen molar-refractivity contribution in [2.75, 3.05) is 7.05 Å². The zero-order chi connectivity index (χ0) is 6.24. The van der Waals surface area contributed by atoms with Crippen molar-refractivity contribution in [3.63, 3.8) is 0 Å². The highest BCUT2D eigenvalue weighted by molar-refractivity contribution is 4.51. The minimum Gasteiger partial charge on any atom is -0.333 e. The lowest BCUT2D eigenvalue weighted by atomic mass is 10.0. The number of hydrogen-bond donors (Lipinski definition) is 1. The van der Waals surface area contributed by atoms with E-state index in [0.29, 0.717) is 0 Å². The molecule has 0 spiro atoms. The summed E-state index contributed by atoms with van der Waals surface area (Å²) in [5.41, 5.74) is 4.50. The molecular weight excluding hydrogens is 98.1 g/mol. The van der Waals surface area contributed by atoms with Gasteiger partial charge in [0.2, 0.25) is 0 Å². The molecule has 0 atom stereocenters. The van der Waals surface area contributed by atoms with Crippen molar-refractivity contribution in [1.29, 1.82) is 0 Å². The van der Waals surface area contributed by atoms with Crippen molar-refractivity contribution in [3.05, 3.63) is 0 Å². The molecule has 50 valence electrons. The van der Waals surface area contributed by atoms with Gasteiger partial charge in [-0.15, -0.1) is 0 Å². The van der Waals surface area contributed by atoms with Crippen molar-refractivity contribution < 1.29 is 0 Å². The highest BCUT2D eigenvalue weighted by Gasteiger charge is 1.95. The van der Waals surface area contributed by atoms with Gasteiger partial charge >= 0.3 is 0 Å². The lowest BCUT2D eigenvalue weighted by molar-refractivity contribution is 0.504. The van der Waals surface area contributed by atoms with Crippen LogP contribution < -0.4 is 5.73 Å². The number of rotatable bonds is 0. The monoisotopic (exact) mass is 115 g/mol. The lowest BCUT2D eigenvalue weighted by Gasteiger charge is -2.05. The molecule has 2 N–H and O–H groups in total. The van der Waals surface area contributed by atoms with E-state index in [2.05, 4.69) is 5.73 Å². The average molecular weight is 115 g/mol. The van der Waals surface area contributed by atoms with Gasteiger partial charge in [-0.25, -0.2) is 0 Å². The molecule has 0 radical (unpaired) electrons. The van der Waals surface area contributed by atoms with Crippen LogP contribution in [0, 0.1) is 0 Å². The van der Waals surface area contributed by atoms with E-state index in [9.17, 15) is 0 Å². The summed E-state index contributed by atoms with van der Waals surface area (Å²) >= 11 is 0. The molecule has 0 saturated heterocycles. The summed E-state index contributed by atoms with van der Waals surface area (Å²) in [5.74, 6) is 0. The van der Waals surface area contributed by atoms with Crippen molar-refractivity contribution in [2.24, 2.45) is 5.73 Å². The lowest BCUT2D eigenvalue weighted by Crippen LogP contribution is -1.85. The van der Waals surface area contributed by atoms with Gasteiger partial charge in [-0.3, -0.25) is 0 Å². The summed E-state index contributed by atoms with van der Waals surface area (Å²) in [4.78, 5) is 0. The maximum Gasteiger partial charge on any atom is -0.0195 e. The predicted molar refractivity (Wildman–Crippen MR) is 37.8 cm³/mol. The average Bonchev–Trinajstić information content (AvgIpc) is 1.96. The van der Waals surface area contributed by atoms with Crippen molar-refractivity contribution in [1.82, 2.24) is 0 Å². The molecule has 1 fully saturated rings. The molecule has 1 heteroatoms. The Morgan fingerprint density at radius 2 is 0.750 bits per heavy atom. The Kier molecular flexibility index (Phi) is 6.93. The summed E-state index contributed by atoms with van der Waals surface area (Å²) in [7, 11) is 1.50. The highest BCUT2D eigenvalue weighted by Crippen LogP contribution is 2.15. The first-order chi connectivity index (χ1) is 4.00. The molecule has 0 aromatic rings. The van der Waals surface area contributed by atoms with Crippen LogP contribution in [-0.2, 0) is 0 Å².